The Labute approximate surface area is 147 Å². The molecule has 0 saturated heterocycles. The zero-order valence-corrected chi connectivity index (χ0v) is 14.1. The molecule has 0 fully saturated rings. The van der Waals surface area contributed by atoms with Crippen molar-refractivity contribution < 1.29 is 15.1 Å². The molecular weight excluding hydrogens is 316 g/mol. The second-order valence-corrected chi connectivity index (χ2v) is 6.13. The Morgan fingerprint density at radius 1 is 1.08 bits per heavy atom. The van der Waals surface area contributed by atoms with Crippen molar-refractivity contribution in [2.45, 2.75) is 25.8 Å². The molecule has 1 aliphatic heterocycles. The van der Waals surface area contributed by atoms with Crippen LogP contribution in [0, 0.1) is 5.92 Å². The molecule has 5 nitrogen and oxygen atoms in total. The zero-order chi connectivity index (χ0) is 17.8. The summed E-state index contributed by atoms with van der Waals surface area (Å²) in [5.74, 6) is -1.36. The van der Waals surface area contributed by atoms with Gasteiger partial charge in [0.2, 0.25) is 0 Å². The summed E-state index contributed by atoms with van der Waals surface area (Å²) in [4.78, 5) is 11.4. The van der Waals surface area contributed by atoms with Crippen LogP contribution >= 0.6 is 0 Å². The molecule has 2 unspecified atom stereocenters. The molecule has 0 spiro atoms. The number of rotatable bonds is 6. The predicted octanol–water partition coefficient (Wildman–Crippen LogP) is 4.24. The van der Waals surface area contributed by atoms with Crippen LogP contribution in [0.2, 0.25) is 0 Å². The number of aliphatic carboxylic acids is 1. The van der Waals surface area contributed by atoms with Crippen molar-refractivity contribution in [1.29, 1.82) is 0 Å². The van der Waals surface area contributed by atoms with Gasteiger partial charge in [-0.3, -0.25) is 15.0 Å². The molecule has 2 atom stereocenters. The molecule has 0 bridgehead atoms. The summed E-state index contributed by atoms with van der Waals surface area (Å²) < 4.78 is 0. The number of hydroxylamine groups is 1. The van der Waals surface area contributed by atoms with Gasteiger partial charge in [-0.1, -0.05) is 55.5 Å². The molecule has 0 radical (unpaired) electrons. The van der Waals surface area contributed by atoms with Gasteiger partial charge in [0.25, 0.3) is 0 Å². The van der Waals surface area contributed by atoms with Gasteiger partial charge in [0, 0.05) is 6.42 Å². The maximum Gasteiger partial charge on any atom is 0.306 e. The van der Waals surface area contributed by atoms with Gasteiger partial charge in [-0.05, 0) is 30.2 Å². The molecule has 1 aliphatic rings. The van der Waals surface area contributed by atoms with E-state index in [4.69, 9.17) is 0 Å². The van der Waals surface area contributed by atoms with E-state index in [1.54, 1.807) is 5.01 Å². The number of anilines is 1. The number of hydrazine groups is 1. The van der Waals surface area contributed by atoms with Gasteiger partial charge in [0.05, 0.1) is 23.3 Å². The van der Waals surface area contributed by atoms with Crippen LogP contribution in [0.4, 0.5) is 5.69 Å². The third-order valence-corrected chi connectivity index (χ3v) is 4.53. The van der Waals surface area contributed by atoms with Crippen molar-refractivity contribution in [3.63, 3.8) is 0 Å². The van der Waals surface area contributed by atoms with Gasteiger partial charge in [0.15, 0.2) is 0 Å². The molecule has 2 aromatic rings. The van der Waals surface area contributed by atoms with Crippen molar-refractivity contribution in [1.82, 2.24) is 5.17 Å². The maximum atomic E-state index is 11.4. The topological polar surface area (TPSA) is 64.0 Å². The van der Waals surface area contributed by atoms with Crippen LogP contribution in [0.1, 0.15) is 31.4 Å². The largest absolute Gasteiger partial charge is 0.481 e. The summed E-state index contributed by atoms with van der Waals surface area (Å²) in [7, 11) is 0. The van der Waals surface area contributed by atoms with E-state index < -0.39 is 11.9 Å². The van der Waals surface area contributed by atoms with Gasteiger partial charge in [-0.15, -0.1) is 0 Å². The fraction of sp³-hybridized carbons (Fsp3) is 0.250. The SMILES string of the molecule is CCC(CC1=CC(c2ccccc2)N(c2ccccc2)N1O)C(=O)O. The first-order chi connectivity index (χ1) is 12.1. The molecule has 0 aromatic heterocycles. The van der Waals surface area contributed by atoms with Gasteiger partial charge in [-0.25, -0.2) is 0 Å². The van der Waals surface area contributed by atoms with Gasteiger partial charge in [-0.2, -0.15) is 5.17 Å². The van der Waals surface area contributed by atoms with E-state index in [0.717, 1.165) is 16.4 Å². The fourth-order valence-electron chi connectivity index (χ4n) is 3.12. The third-order valence-electron chi connectivity index (χ3n) is 4.53. The van der Waals surface area contributed by atoms with Gasteiger partial charge < -0.3 is 5.11 Å². The van der Waals surface area contributed by atoms with Crippen LogP contribution in [-0.4, -0.2) is 21.5 Å². The van der Waals surface area contributed by atoms with Crippen molar-refractivity contribution in [2.24, 2.45) is 5.92 Å². The number of carboxylic acid groups (broad SMARTS) is 1. The van der Waals surface area contributed by atoms with Crippen LogP contribution < -0.4 is 5.01 Å². The Balaban J connectivity index is 1.96. The molecular formula is C20H22N2O3. The number of nitrogens with zero attached hydrogens (tertiary/aromatic N) is 2. The third kappa shape index (κ3) is 3.51. The summed E-state index contributed by atoms with van der Waals surface area (Å²) >= 11 is 0. The molecule has 1 heterocycles. The zero-order valence-electron chi connectivity index (χ0n) is 14.1. The second-order valence-electron chi connectivity index (χ2n) is 6.13. The highest BCUT2D eigenvalue weighted by molar-refractivity contribution is 5.70. The van der Waals surface area contributed by atoms with Crippen LogP contribution in [0.5, 0.6) is 0 Å². The lowest BCUT2D eigenvalue weighted by molar-refractivity contribution is -0.142. The van der Waals surface area contributed by atoms with Crippen LogP contribution in [0.3, 0.4) is 0 Å². The Hall–Kier alpha value is -2.79. The number of para-hydroxylation sites is 1. The predicted molar refractivity (Wildman–Crippen MR) is 95.8 cm³/mol. The summed E-state index contributed by atoms with van der Waals surface area (Å²) in [5.41, 5.74) is 2.48. The average molecular weight is 338 g/mol. The number of carboxylic acids is 1. The highest BCUT2D eigenvalue weighted by atomic mass is 16.6. The minimum atomic E-state index is -0.841. The summed E-state index contributed by atoms with van der Waals surface area (Å²) in [6, 6.07) is 19.3. The Kier molecular flexibility index (Phi) is 5.05. The van der Waals surface area contributed by atoms with E-state index in [2.05, 4.69) is 0 Å². The quantitative estimate of drug-likeness (QED) is 0.825. The first kappa shape index (κ1) is 17.0. The van der Waals surface area contributed by atoms with Crippen molar-refractivity contribution >= 4 is 11.7 Å². The van der Waals surface area contributed by atoms with Crippen molar-refractivity contribution in [2.75, 3.05) is 5.01 Å². The summed E-state index contributed by atoms with van der Waals surface area (Å²) in [6.07, 6.45) is 2.74. The Morgan fingerprint density at radius 2 is 1.68 bits per heavy atom. The average Bonchev–Trinajstić information content (AvgIpc) is 2.97. The fourth-order valence-corrected chi connectivity index (χ4v) is 3.12. The monoisotopic (exact) mass is 338 g/mol. The Bertz CT molecular complexity index is 746. The minimum Gasteiger partial charge on any atom is -0.481 e. The molecule has 0 amide bonds. The maximum absolute atomic E-state index is 11.4. The molecule has 2 N–H and O–H groups in total. The summed E-state index contributed by atoms with van der Waals surface area (Å²) in [6.45, 7) is 1.85. The lowest BCUT2D eigenvalue weighted by Crippen LogP contribution is -2.37. The lowest BCUT2D eigenvalue weighted by Gasteiger charge is -2.33. The normalized spacial score (nSPS) is 18.2. The molecule has 3 rings (SSSR count). The van der Waals surface area contributed by atoms with Crippen molar-refractivity contribution in [3.05, 3.63) is 78.0 Å². The molecule has 2 aromatic carbocycles. The van der Waals surface area contributed by atoms with Crippen LogP contribution in [-0.2, 0) is 4.79 Å². The number of carbonyl (C=O) groups is 1. The first-order valence-corrected chi connectivity index (χ1v) is 8.43. The van der Waals surface area contributed by atoms with E-state index in [-0.39, 0.29) is 12.5 Å². The Morgan fingerprint density at radius 3 is 2.24 bits per heavy atom. The molecule has 5 heteroatoms. The number of hydrogen-bond donors (Lipinski definition) is 2. The minimum absolute atomic E-state index is 0.185. The smallest absolute Gasteiger partial charge is 0.306 e. The highest BCUT2D eigenvalue weighted by Gasteiger charge is 2.34. The standard InChI is InChI=1S/C20H22N2O3/c1-2-15(20(23)24)13-18-14-19(16-9-5-3-6-10-16)21(22(18)25)17-11-7-4-8-12-17/h3-12,14-15,19,25H,2,13H2,1H3,(H,23,24). The summed E-state index contributed by atoms with van der Waals surface area (Å²) in [5, 5.41) is 23.0. The number of hydrogen-bond acceptors (Lipinski definition) is 4. The van der Waals surface area contributed by atoms with Crippen LogP contribution in [0.25, 0.3) is 0 Å². The number of benzene rings is 2. The highest BCUT2D eigenvalue weighted by Crippen LogP contribution is 2.38. The molecule has 130 valence electrons. The van der Waals surface area contributed by atoms with Crippen LogP contribution in [0.15, 0.2) is 72.4 Å². The van der Waals surface area contributed by atoms with E-state index in [0.29, 0.717) is 12.1 Å². The first-order valence-electron chi connectivity index (χ1n) is 8.43. The van der Waals surface area contributed by atoms with E-state index in [1.165, 1.54) is 0 Å². The lowest BCUT2D eigenvalue weighted by atomic mass is 9.99. The van der Waals surface area contributed by atoms with Gasteiger partial charge >= 0.3 is 5.97 Å². The van der Waals surface area contributed by atoms with E-state index >= 15 is 0 Å². The van der Waals surface area contributed by atoms with Gasteiger partial charge in [0.1, 0.15) is 0 Å². The number of allylic oxidation sites excluding steroid dienone is 1. The van der Waals surface area contributed by atoms with E-state index in [1.807, 2.05) is 73.7 Å². The molecule has 0 saturated carbocycles. The molecule has 0 aliphatic carbocycles. The van der Waals surface area contributed by atoms with Crippen molar-refractivity contribution in [3.8, 4) is 0 Å². The second kappa shape index (κ2) is 7.40. The molecule has 25 heavy (non-hydrogen) atoms. The van der Waals surface area contributed by atoms with E-state index in [9.17, 15) is 15.1 Å².